The van der Waals surface area contributed by atoms with Crippen molar-refractivity contribution in [2.24, 2.45) is 0 Å². The molecule has 1 atom stereocenters. The minimum atomic E-state index is -0.985. The number of hydrogen-bond donors (Lipinski definition) is 0. The molecule has 1 heterocycles. The van der Waals surface area contributed by atoms with Crippen LogP contribution in [0.2, 0.25) is 5.02 Å². The largest absolute Gasteiger partial charge is 0.259 e. The summed E-state index contributed by atoms with van der Waals surface area (Å²) in [5.41, 5.74) is 2.94. The molecule has 3 nitrogen and oxygen atoms in total. The molecule has 0 aliphatic heterocycles. The lowest BCUT2D eigenvalue weighted by Gasteiger charge is -2.02. The smallest absolute Gasteiger partial charge is 0.0645 e. The summed E-state index contributed by atoms with van der Waals surface area (Å²) >= 11 is 5.95. The summed E-state index contributed by atoms with van der Waals surface area (Å²) in [5.74, 6) is 0.983. The molecule has 0 radical (unpaired) electrons. The Morgan fingerprint density at radius 2 is 1.77 bits per heavy atom. The predicted octanol–water partition coefficient (Wildman–Crippen LogP) is 3.97. The van der Waals surface area contributed by atoms with Crippen molar-refractivity contribution in [3.05, 3.63) is 83.1 Å². The second-order valence-corrected chi connectivity index (χ2v) is 6.88. The second-order valence-electron chi connectivity index (χ2n) is 4.99. The highest BCUT2D eigenvalue weighted by Crippen LogP contribution is 2.15. The Balaban J connectivity index is 1.66. The maximum Gasteiger partial charge on any atom is 0.0645 e. The van der Waals surface area contributed by atoms with Gasteiger partial charge in [0.25, 0.3) is 0 Å². The summed E-state index contributed by atoms with van der Waals surface area (Å²) in [6.07, 6.45) is 3.69. The molecule has 0 aliphatic carbocycles. The highest BCUT2D eigenvalue weighted by molar-refractivity contribution is 7.83. The SMILES string of the molecule is O=[S@](Cc1cccc(Cl)c1)Cc1cnn(-c2ccccc2)c1. The van der Waals surface area contributed by atoms with Crippen molar-refractivity contribution in [2.45, 2.75) is 11.5 Å². The van der Waals surface area contributed by atoms with E-state index in [4.69, 9.17) is 11.6 Å². The van der Waals surface area contributed by atoms with E-state index < -0.39 is 10.8 Å². The molecule has 0 bridgehead atoms. The maximum absolute atomic E-state index is 12.3. The Bertz CT molecular complexity index is 786. The molecule has 0 saturated heterocycles. The van der Waals surface area contributed by atoms with Crippen molar-refractivity contribution in [1.82, 2.24) is 9.78 Å². The van der Waals surface area contributed by atoms with E-state index in [-0.39, 0.29) is 0 Å². The third kappa shape index (κ3) is 3.84. The molecule has 0 saturated carbocycles. The first-order valence-electron chi connectivity index (χ1n) is 6.89. The molecule has 0 fully saturated rings. The van der Waals surface area contributed by atoms with E-state index >= 15 is 0 Å². The van der Waals surface area contributed by atoms with E-state index in [2.05, 4.69) is 5.10 Å². The molecule has 2 aromatic carbocycles. The summed E-state index contributed by atoms with van der Waals surface area (Å²) in [5, 5.41) is 4.99. The quantitative estimate of drug-likeness (QED) is 0.709. The average molecular weight is 331 g/mol. The first kappa shape index (κ1) is 15.0. The summed E-state index contributed by atoms with van der Waals surface area (Å²) in [7, 11) is -0.985. The topological polar surface area (TPSA) is 34.9 Å². The molecule has 3 rings (SSSR count). The van der Waals surface area contributed by atoms with Crippen molar-refractivity contribution in [3.8, 4) is 5.69 Å². The van der Waals surface area contributed by atoms with E-state index in [1.165, 1.54) is 0 Å². The van der Waals surface area contributed by atoms with Crippen molar-refractivity contribution < 1.29 is 4.21 Å². The van der Waals surface area contributed by atoms with Crippen LogP contribution in [0.15, 0.2) is 67.0 Å². The Labute approximate surface area is 137 Å². The van der Waals surface area contributed by atoms with Crippen LogP contribution in [0, 0.1) is 0 Å². The van der Waals surface area contributed by atoms with Gasteiger partial charge >= 0.3 is 0 Å². The maximum atomic E-state index is 12.3. The van der Waals surface area contributed by atoms with Crippen molar-refractivity contribution in [3.63, 3.8) is 0 Å². The minimum absolute atomic E-state index is 0.485. The van der Waals surface area contributed by atoms with E-state index in [0.717, 1.165) is 16.8 Å². The highest BCUT2D eigenvalue weighted by Gasteiger charge is 2.07. The summed E-state index contributed by atoms with van der Waals surface area (Å²) in [6, 6.07) is 17.4. The molecule has 0 N–H and O–H groups in total. The van der Waals surface area contributed by atoms with Gasteiger partial charge in [0, 0.05) is 33.3 Å². The van der Waals surface area contributed by atoms with Crippen LogP contribution in [-0.2, 0) is 22.3 Å². The van der Waals surface area contributed by atoms with Gasteiger partial charge in [-0.25, -0.2) is 4.68 Å². The summed E-state index contributed by atoms with van der Waals surface area (Å²) in [6.45, 7) is 0. The van der Waals surface area contributed by atoms with Crippen LogP contribution >= 0.6 is 11.6 Å². The average Bonchev–Trinajstić information content (AvgIpc) is 2.96. The normalized spacial score (nSPS) is 12.2. The van der Waals surface area contributed by atoms with Crippen LogP contribution in [0.3, 0.4) is 0 Å². The minimum Gasteiger partial charge on any atom is -0.259 e. The van der Waals surface area contributed by atoms with Crippen LogP contribution in [0.4, 0.5) is 0 Å². The van der Waals surface area contributed by atoms with Gasteiger partial charge in [0.2, 0.25) is 0 Å². The van der Waals surface area contributed by atoms with Gasteiger partial charge in [-0.05, 0) is 29.8 Å². The number of halogens is 1. The van der Waals surface area contributed by atoms with Crippen LogP contribution in [0.5, 0.6) is 0 Å². The Morgan fingerprint density at radius 1 is 1.00 bits per heavy atom. The zero-order valence-electron chi connectivity index (χ0n) is 11.9. The monoisotopic (exact) mass is 330 g/mol. The lowest BCUT2D eigenvalue weighted by molar-refractivity contribution is 0.682. The van der Waals surface area contributed by atoms with Gasteiger partial charge in [-0.3, -0.25) is 4.21 Å². The van der Waals surface area contributed by atoms with E-state index in [0.29, 0.717) is 16.5 Å². The fourth-order valence-corrected chi connectivity index (χ4v) is 3.59. The molecule has 0 amide bonds. The highest BCUT2D eigenvalue weighted by atomic mass is 35.5. The third-order valence-electron chi connectivity index (χ3n) is 3.20. The second kappa shape index (κ2) is 6.90. The molecular formula is C17H15ClN2OS. The lowest BCUT2D eigenvalue weighted by Crippen LogP contribution is -1.99. The van der Waals surface area contributed by atoms with Gasteiger partial charge in [-0.1, -0.05) is 41.9 Å². The van der Waals surface area contributed by atoms with E-state index in [9.17, 15) is 4.21 Å². The third-order valence-corrected chi connectivity index (χ3v) is 4.75. The molecule has 5 heteroatoms. The Kier molecular flexibility index (Phi) is 4.71. The van der Waals surface area contributed by atoms with Crippen molar-refractivity contribution >= 4 is 22.4 Å². The predicted molar refractivity (Wildman–Crippen MR) is 90.6 cm³/mol. The number of para-hydroxylation sites is 1. The summed E-state index contributed by atoms with van der Waals surface area (Å²) in [4.78, 5) is 0. The van der Waals surface area contributed by atoms with Crippen LogP contribution in [0.1, 0.15) is 11.1 Å². The molecule has 0 aliphatic rings. The molecule has 0 spiro atoms. The standard InChI is InChI=1S/C17H15ClN2OS/c18-16-6-4-5-14(9-16)12-22(21)13-15-10-19-20(11-15)17-7-2-1-3-8-17/h1-11H,12-13H2/t22-/m1/s1. The fourth-order valence-electron chi connectivity index (χ4n) is 2.21. The molecule has 0 unspecified atom stereocenters. The molecule has 22 heavy (non-hydrogen) atoms. The first-order chi connectivity index (χ1) is 10.7. The number of nitrogens with zero attached hydrogens (tertiary/aromatic N) is 2. The number of aromatic nitrogens is 2. The molecule has 3 aromatic rings. The summed E-state index contributed by atoms with van der Waals surface area (Å²) < 4.78 is 14.1. The number of rotatable bonds is 5. The van der Waals surface area contributed by atoms with E-state index in [1.54, 1.807) is 10.9 Å². The van der Waals surface area contributed by atoms with Gasteiger partial charge in [0.15, 0.2) is 0 Å². The van der Waals surface area contributed by atoms with E-state index in [1.807, 2.05) is 60.8 Å². The lowest BCUT2D eigenvalue weighted by atomic mass is 10.2. The molecule has 1 aromatic heterocycles. The van der Waals surface area contributed by atoms with Gasteiger partial charge in [0.1, 0.15) is 0 Å². The van der Waals surface area contributed by atoms with Crippen LogP contribution < -0.4 is 0 Å². The van der Waals surface area contributed by atoms with Crippen molar-refractivity contribution in [1.29, 1.82) is 0 Å². The van der Waals surface area contributed by atoms with Gasteiger partial charge in [-0.15, -0.1) is 0 Å². The number of benzene rings is 2. The van der Waals surface area contributed by atoms with Gasteiger partial charge in [-0.2, -0.15) is 5.10 Å². The molecule has 112 valence electrons. The van der Waals surface area contributed by atoms with Gasteiger partial charge in [0.05, 0.1) is 17.6 Å². The van der Waals surface area contributed by atoms with Crippen LogP contribution in [-0.4, -0.2) is 14.0 Å². The first-order valence-corrected chi connectivity index (χ1v) is 8.76. The van der Waals surface area contributed by atoms with Gasteiger partial charge < -0.3 is 0 Å². The number of hydrogen-bond acceptors (Lipinski definition) is 2. The fraction of sp³-hybridized carbons (Fsp3) is 0.118. The van der Waals surface area contributed by atoms with Crippen LogP contribution in [0.25, 0.3) is 5.69 Å². The Hall–Kier alpha value is -1.91. The zero-order valence-corrected chi connectivity index (χ0v) is 13.4. The van der Waals surface area contributed by atoms with Crippen molar-refractivity contribution in [2.75, 3.05) is 0 Å². The Morgan fingerprint density at radius 3 is 2.55 bits per heavy atom. The molecular weight excluding hydrogens is 316 g/mol. The zero-order chi connectivity index (χ0) is 15.4.